The van der Waals surface area contributed by atoms with Gasteiger partial charge >= 0.3 is 0 Å². The van der Waals surface area contributed by atoms with Gasteiger partial charge < -0.3 is 10.6 Å². The van der Waals surface area contributed by atoms with E-state index in [1.807, 2.05) is 10.7 Å². The summed E-state index contributed by atoms with van der Waals surface area (Å²) in [6, 6.07) is 10.6. The van der Waals surface area contributed by atoms with E-state index >= 15 is 0 Å². The number of hydrogen-bond acceptors (Lipinski definition) is 6. The second-order valence-corrected chi connectivity index (χ2v) is 6.45. The lowest BCUT2D eigenvalue weighted by atomic mass is 10.0. The molecule has 3 aromatic rings. The average molecular weight is 349 g/mol. The summed E-state index contributed by atoms with van der Waals surface area (Å²) in [5.41, 5.74) is 3.63. The Morgan fingerprint density at radius 2 is 1.96 bits per heavy atom. The molecule has 1 aromatic carbocycles. The largest absolute Gasteiger partial charge is 0.363 e. The molecule has 0 radical (unpaired) electrons. The molecule has 134 valence electrons. The van der Waals surface area contributed by atoms with E-state index in [9.17, 15) is 0 Å². The molecule has 1 unspecified atom stereocenters. The minimum atomic E-state index is 0.149. The van der Waals surface area contributed by atoms with Crippen molar-refractivity contribution in [1.29, 1.82) is 0 Å². The summed E-state index contributed by atoms with van der Waals surface area (Å²) in [6.07, 6.45) is 7.79. The van der Waals surface area contributed by atoms with E-state index in [0.29, 0.717) is 0 Å². The number of rotatable bonds is 6. The van der Waals surface area contributed by atoms with Crippen LogP contribution < -0.4 is 10.6 Å². The summed E-state index contributed by atoms with van der Waals surface area (Å²) < 4.78 is 1.86. The zero-order valence-corrected chi connectivity index (χ0v) is 14.7. The zero-order valence-electron chi connectivity index (χ0n) is 14.7. The molecule has 0 bridgehead atoms. The Labute approximate surface area is 152 Å². The molecule has 1 atom stereocenters. The van der Waals surface area contributed by atoms with Gasteiger partial charge in [0, 0.05) is 25.1 Å². The number of benzene rings is 1. The number of nitrogens with one attached hydrogen (secondary N) is 2. The van der Waals surface area contributed by atoms with Crippen LogP contribution in [0.5, 0.6) is 0 Å². The Kier molecular flexibility index (Phi) is 5.16. The van der Waals surface area contributed by atoms with Crippen molar-refractivity contribution in [1.82, 2.24) is 30.0 Å². The third-order valence-electron chi connectivity index (χ3n) is 4.75. The van der Waals surface area contributed by atoms with Gasteiger partial charge in [-0.25, -0.2) is 15.0 Å². The fourth-order valence-electron chi connectivity index (χ4n) is 3.38. The van der Waals surface area contributed by atoms with Gasteiger partial charge in [-0.2, -0.15) is 5.10 Å². The summed E-state index contributed by atoms with van der Waals surface area (Å²) in [5.74, 6) is 0.950. The lowest BCUT2D eigenvalue weighted by Crippen LogP contribution is -2.18. The van der Waals surface area contributed by atoms with Crippen molar-refractivity contribution in [3.8, 4) is 0 Å². The van der Waals surface area contributed by atoms with Crippen molar-refractivity contribution in [2.24, 2.45) is 0 Å². The van der Waals surface area contributed by atoms with Crippen molar-refractivity contribution in [3.05, 3.63) is 66.1 Å². The third-order valence-corrected chi connectivity index (χ3v) is 4.75. The number of anilines is 1. The highest BCUT2D eigenvalue weighted by Crippen LogP contribution is 2.26. The van der Waals surface area contributed by atoms with Crippen LogP contribution in [0.4, 0.5) is 5.82 Å². The first-order valence-corrected chi connectivity index (χ1v) is 9.07. The van der Waals surface area contributed by atoms with Gasteiger partial charge in [-0.1, -0.05) is 30.3 Å². The molecule has 0 amide bonds. The molecule has 1 aliphatic rings. The molecule has 7 heteroatoms. The van der Waals surface area contributed by atoms with Gasteiger partial charge in [-0.3, -0.25) is 4.68 Å². The first-order valence-electron chi connectivity index (χ1n) is 9.07. The highest BCUT2D eigenvalue weighted by Gasteiger charge is 2.18. The second-order valence-electron chi connectivity index (χ2n) is 6.45. The van der Waals surface area contributed by atoms with E-state index in [1.165, 1.54) is 11.1 Å². The highest BCUT2D eigenvalue weighted by molar-refractivity contribution is 5.48. The molecular weight excluding hydrogens is 326 g/mol. The minimum Gasteiger partial charge on any atom is -0.363 e. The first-order chi connectivity index (χ1) is 12.9. The number of fused-ring (bicyclic) bond motifs is 1. The van der Waals surface area contributed by atoms with Gasteiger partial charge in [0.25, 0.3) is 0 Å². The molecule has 3 heterocycles. The van der Waals surface area contributed by atoms with E-state index in [1.54, 1.807) is 19.0 Å². The van der Waals surface area contributed by atoms with Crippen LogP contribution in [-0.4, -0.2) is 37.8 Å². The number of aryl methyl sites for hydroxylation is 1. The molecule has 26 heavy (non-hydrogen) atoms. The van der Waals surface area contributed by atoms with Crippen molar-refractivity contribution in [2.45, 2.75) is 31.8 Å². The Balaban J connectivity index is 1.58. The van der Waals surface area contributed by atoms with Crippen LogP contribution in [0.25, 0.3) is 0 Å². The highest BCUT2D eigenvalue weighted by atomic mass is 15.3. The molecule has 0 spiro atoms. The summed E-state index contributed by atoms with van der Waals surface area (Å²) in [6.45, 7) is 2.73. The molecule has 2 N–H and O–H groups in total. The van der Waals surface area contributed by atoms with E-state index in [-0.39, 0.29) is 6.04 Å². The fourth-order valence-corrected chi connectivity index (χ4v) is 3.38. The molecule has 2 aromatic heterocycles. The Bertz CT molecular complexity index is 817. The zero-order chi connectivity index (χ0) is 17.6. The monoisotopic (exact) mass is 349 g/mol. The SMILES string of the molecule is c1ccc(C(CCn2cncn2)Nc2ncnc3c2CCNCC3)cc1. The van der Waals surface area contributed by atoms with Gasteiger partial charge in [0.15, 0.2) is 0 Å². The Hall–Kier alpha value is -2.80. The number of nitrogens with zero attached hydrogens (tertiary/aromatic N) is 5. The number of hydrogen-bond donors (Lipinski definition) is 2. The van der Waals surface area contributed by atoms with Crippen LogP contribution >= 0.6 is 0 Å². The summed E-state index contributed by atoms with van der Waals surface area (Å²) >= 11 is 0. The minimum absolute atomic E-state index is 0.149. The van der Waals surface area contributed by atoms with Crippen molar-refractivity contribution in [3.63, 3.8) is 0 Å². The lowest BCUT2D eigenvalue weighted by molar-refractivity contribution is 0.536. The van der Waals surface area contributed by atoms with Crippen molar-refractivity contribution >= 4 is 5.82 Å². The topological polar surface area (TPSA) is 80.6 Å². The van der Waals surface area contributed by atoms with Crippen molar-refractivity contribution < 1.29 is 0 Å². The molecule has 0 fully saturated rings. The van der Waals surface area contributed by atoms with Crippen LogP contribution in [0.15, 0.2) is 49.3 Å². The summed E-state index contributed by atoms with van der Waals surface area (Å²) in [7, 11) is 0. The van der Waals surface area contributed by atoms with E-state index in [4.69, 9.17) is 0 Å². The van der Waals surface area contributed by atoms with Crippen LogP contribution in [0, 0.1) is 0 Å². The molecular formula is C19H23N7. The molecule has 1 aliphatic heterocycles. The Morgan fingerprint density at radius 1 is 1.08 bits per heavy atom. The summed E-state index contributed by atoms with van der Waals surface area (Å²) in [4.78, 5) is 13.1. The molecule has 4 rings (SSSR count). The average Bonchev–Trinajstić information content (AvgIpc) is 3.09. The molecule has 7 nitrogen and oxygen atoms in total. The van der Waals surface area contributed by atoms with E-state index < -0.39 is 0 Å². The lowest BCUT2D eigenvalue weighted by Gasteiger charge is -2.22. The maximum absolute atomic E-state index is 4.56. The fraction of sp³-hybridized carbons (Fsp3) is 0.368. The normalized spacial score (nSPS) is 15.1. The predicted octanol–water partition coefficient (Wildman–Crippen LogP) is 2.00. The third kappa shape index (κ3) is 3.88. The Morgan fingerprint density at radius 3 is 2.81 bits per heavy atom. The predicted molar refractivity (Wildman–Crippen MR) is 99.8 cm³/mol. The van der Waals surface area contributed by atoms with Gasteiger partial charge in [-0.15, -0.1) is 0 Å². The standard InChI is InChI=1S/C19H23N7/c1-2-4-15(5-3-1)17(8-11-26-14-21-12-24-26)25-19-16-6-9-20-10-7-18(16)22-13-23-19/h1-5,12-14,17,20H,6-11H2,(H,22,23,25). The maximum Gasteiger partial charge on any atom is 0.137 e. The van der Waals surface area contributed by atoms with Crippen molar-refractivity contribution in [2.75, 3.05) is 18.4 Å². The quantitative estimate of drug-likeness (QED) is 0.708. The molecule has 0 aliphatic carbocycles. The smallest absolute Gasteiger partial charge is 0.137 e. The van der Waals surface area contributed by atoms with E-state index in [2.05, 4.69) is 54.9 Å². The van der Waals surface area contributed by atoms with E-state index in [0.717, 1.165) is 50.4 Å². The summed E-state index contributed by atoms with van der Waals surface area (Å²) in [5, 5.41) is 11.3. The maximum atomic E-state index is 4.56. The van der Waals surface area contributed by atoms with Gasteiger partial charge in [0.2, 0.25) is 0 Å². The van der Waals surface area contributed by atoms with Crippen LogP contribution in [-0.2, 0) is 19.4 Å². The van der Waals surface area contributed by atoms with Gasteiger partial charge in [0.05, 0.1) is 11.7 Å². The van der Waals surface area contributed by atoms with Gasteiger partial charge in [-0.05, 0) is 24.9 Å². The molecule has 0 saturated heterocycles. The van der Waals surface area contributed by atoms with Crippen LogP contribution in [0.2, 0.25) is 0 Å². The second kappa shape index (κ2) is 8.05. The van der Waals surface area contributed by atoms with Crippen LogP contribution in [0.1, 0.15) is 29.3 Å². The molecule has 0 saturated carbocycles. The van der Waals surface area contributed by atoms with Crippen LogP contribution in [0.3, 0.4) is 0 Å². The van der Waals surface area contributed by atoms with Gasteiger partial charge in [0.1, 0.15) is 24.8 Å². The first kappa shape index (κ1) is 16.7. The number of aromatic nitrogens is 5.